The second-order valence-corrected chi connectivity index (χ2v) is 4.26. The molecule has 2 rings (SSSR count). The summed E-state index contributed by atoms with van der Waals surface area (Å²) in [6.45, 7) is 4.09. The van der Waals surface area contributed by atoms with Gasteiger partial charge in [0.05, 0.1) is 12.2 Å². The first-order valence-corrected chi connectivity index (χ1v) is 5.51. The lowest BCUT2D eigenvalue weighted by Crippen LogP contribution is -2.12. The summed E-state index contributed by atoms with van der Waals surface area (Å²) in [5.74, 6) is -0.359. The number of benzene rings is 1. The predicted octanol–water partition coefficient (Wildman–Crippen LogP) is 2.89. The first-order valence-electron chi connectivity index (χ1n) is 5.51. The van der Waals surface area contributed by atoms with Gasteiger partial charge in [-0.25, -0.2) is 4.39 Å². The smallest absolute Gasteiger partial charge is 0.141 e. The number of aryl methyl sites for hydroxylation is 2. The maximum absolute atomic E-state index is 13.1. The van der Waals surface area contributed by atoms with Crippen LogP contribution < -0.4 is 5.73 Å². The fourth-order valence-electron chi connectivity index (χ4n) is 1.75. The van der Waals surface area contributed by atoms with Crippen LogP contribution in [0.4, 0.5) is 4.39 Å². The average molecular weight is 230 g/mol. The van der Waals surface area contributed by atoms with Crippen molar-refractivity contribution in [1.82, 2.24) is 4.98 Å². The van der Waals surface area contributed by atoms with Crippen LogP contribution in [0, 0.1) is 19.7 Å². The van der Waals surface area contributed by atoms with E-state index in [4.69, 9.17) is 5.73 Å². The molecule has 1 atom stereocenters. The molecule has 0 radical (unpaired) electrons. The Bertz CT molecular complexity index is 537. The van der Waals surface area contributed by atoms with Crippen molar-refractivity contribution in [2.24, 2.45) is 5.73 Å². The van der Waals surface area contributed by atoms with E-state index in [9.17, 15) is 4.39 Å². The second kappa shape index (κ2) is 4.63. The molecule has 0 amide bonds. The SMILES string of the molecule is Cc1ccc(C(N)c2cncc(F)c2)cc1C. The number of nitrogens with zero attached hydrogens (tertiary/aromatic N) is 1. The molecule has 0 spiro atoms. The molecule has 0 saturated heterocycles. The average Bonchev–Trinajstić information content (AvgIpc) is 2.32. The molecule has 1 aromatic heterocycles. The molecule has 3 heteroatoms. The maximum atomic E-state index is 13.1. The van der Waals surface area contributed by atoms with Crippen LogP contribution in [0.15, 0.2) is 36.7 Å². The van der Waals surface area contributed by atoms with Crippen molar-refractivity contribution in [2.75, 3.05) is 0 Å². The minimum Gasteiger partial charge on any atom is -0.320 e. The van der Waals surface area contributed by atoms with Crippen LogP contribution in [0.25, 0.3) is 0 Å². The standard InChI is InChI=1S/C14H15FN2/c1-9-3-4-11(5-10(9)2)14(16)12-6-13(15)8-17-7-12/h3-8,14H,16H2,1-2H3. The molecule has 2 N–H and O–H groups in total. The Labute approximate surface area is 100 Å². The Balaban J connectivity index is 2.36. The van der Waals surface area contributed by atoms with Gasteiger partial charge in [-0.2, -0.15) is 0 Å². The summed E-state index contributed by atoms with van der Waals surface area (Å²) in [7, 11) is 0. The molecule has 0 aliphatic heterocycles. The second-order valence-electron chi connectivity index (χ2n) is 4.26. The van der Waals surface area contributed by atoms with E-state index in [1.807, 2.05) is 32.0 Å². The Morgan fingerprint density at radius 2 is 1.82 bits per heavy atom. The summed E-state index contributed by atoms with van der Waals surface area (Å²) in [5, 5.41) is 0. The van der Waals surface area contributed by atoms with E-state index < -0.39 is 0 Å². The van der Waals surface area contributed by atoms with Crippen LogP contribution in [0.1, 0.15) is 28.3 Å². The largest absolute Gasteiger partial charge is 0.320 e. The van der Waals surface area contributed by atoms with Crippen LogP contribution in [0.2, 0.25) is 0 Å². The van der Waals surface area contributed by atoms with E-state index in [-0.39, 0.29) is 11.9 Å². The normalized spacial score (nSPS) is 12.5. The fourth-order valence-corrected chi connectivity index (χ4v) is 1.75. The van der Waals surface area contributed by atoms with Crippen molar-refractivity contribution < 1.29 is 4.39 Å². The number of aromatic nitrogens is 1. The predicted molar refractivity (Wildman–Crippen MR) is 66.1 cm³/mol. The minimum atomic E-state index is -0.359. The molecular weight excluding hydrogens is 215 g/mol. The van der Waals surface area contributed by atoms with Crippen LogP contribution >= 0.6 is 0 Å². The number of hydrogen-bond donors (Lipinski definition) is 1. The number of nitrogens with two attached hydrogens (primary N) is 1. The lowest BCUT2D eigenvalue weighted by molar-refractivity contribution is 0.616. The van der Waals surface area contributed by atoms with Gasteiger partial charge in [0.15, 0.2) is 0 Å². The first-order chi connectivity index (χ1) is 8.08. The molecule has 88 valence electrons. The molecule has 2 aromatic rings. The minimum absolute atomic E-state index is 0.336. The molecule has 2 nitrogen and oxygen atoms in total. The molecule has 17 heavy (non-hydrogen) atoms. The highest BCUT2D eigenvalue weighted by Crippen LogP contribution is 2.21. The Hall–Kier alpha value is -1.74. The lowest BCUT2D eigenvalue weighted by atomic mass is 9.97. The van der Waals surface area contributed by atoms with Crippen molar-refractivity contribution in [3.05, 3.63) is 64.7 Å². The third-order valence-electron chi connectivity index (χ3n) is 2.98. The highest BCUT2D eigenvalue weighted by molar-refractivity contribution is 5.36. The van der Waals surface area contributed by atoms with Crippen molar-refractivity contribution in [3.63, 3.8) is 0 Å². The summed E-state index contributed by atoms with van der Waals surface area (Å²) < 4.78 is 13.1. The van der Waals surface area contributed by atoms with Crippen molar-refractivity contribution >= 4 is 0 Å². The zero-order valence-corrected chi connectivity index (χ0v) is 9.94. The van der Waals surface area contributed by atoms with E-state index in [0.29, 0.717) is 5.56 Å². The maximum Gasteiger partial charge on any atom is 0.141 e. The van der Waals surface area contributed by atoms with Gasteiger partial charge in [0.1, 0.15) is 5.82 Å². The highest BCUT2D eigenvalue weighted by Gasteiger charge is 2.10. The Kier molecular flexibility index (Phi) is 3.20. The van der Waals surface area contributed by atoms with Crippen molar-refractivity contribution in [1.29, 1.82) is 0 Å². The van der Waals surface area contributed by atoms with Crippen LogP contribution in [-0.4, -0.2) is 4.98 Å². The number of halogens is 1. The summed E-state index contributed by atoms with van der Waals surface area (Å²) in [6.07, 6.45) is 2.78. The number of rotatable bonds is 2. The third-order valence-corrected chi connectivity index (χ3v) is 2.98. The molecular formula is C14H15FN2. The van der Waals surface area contributed by atoms with E-state index >= 15 is 0 Å². The van der Waals surface area contributed by atoms with Crippen LogP contribution in [0.3, 0.4) is 0 Å². The molecule has 1 unspecified atom stereocenters. The number of hydrogen-bond acceptors (Lipinski definition) is 2. The summed E-state index contributed by atoms with van der Waals surface area (Å²) in [6, 6.07) is 7.12. The van der Waals surface area contributed by atoms with Gasteiger partial charge in [0.2, 0.25) is 0 Å². The van der Waals surface area contributed by atoms with E-state index in [1.54, 1.807) is 6.20 Å². The topological polar surface area (TPSA) is 38.9 Å². The molecule has 0 saturated carbocycles. The van der Waals surface area contributed by atoms with E-state index in [2.05, 4.69) is 4.98 Å². The first kappa shape index (κ1) is 11.7. The van der Waals surface area contributed by atoms with Gasteiger partial charge in [-0.15, -0.1) is 0 Å². The zero-order valence-electron chi connectivity index (χ0n) is 9.94. The van der Waals surface area contributed by atoms with Gasteiger partial charge in [0.25, 0.3) is 0 Å². The molecule has 0 fully saturated rings. The molecule has 0 aliphatic rings. The van der Waals surface area contributed by atoms with Gasteiger partial charge >= 0.3 is 0 Å². The van der Waals surface area contributed by atoms with E-state index in [1.165, 1.54) is 23.4 Å². The molecule has 0 bridgehead atoms. The van der Waals surface area contributed by atoms with Crippen molar-refractivity contribution in [2.45, 2.75) is 19.9 Å². The third kappa shape index (κ3) is 2.50. The quantitative estimate of drug-likeness (QED) is 0.861. The molecule has 1 heterocycles. The fraction of sp³-hybridized carbons (Fsp3) is 0.214. The van der Waals surface area contributed by atoms with Crippen LogP contribution in [-0.2, 0) is 0 Å². The highest BCUT2D eigenvalue weighted by atomic mass is 19.1. The van der Waals surface area contributed by atoms with Gasteiger partial charge < -0.3 is 5.73 Å². The Morgan fingerprint density at radius 1 is 1.06 bits per heavy atom. The van der Waals surface area contributed by atoms with Gasteiger partial charge in [-0.1, -0.05) is 18.2 Å². The number of pyridine rings is 1. The lowest BCUT2D eigenvalue weighted by Gasteiger charge is -2.13. The monoisotopic (exact) mass is 230 g/mol. The molecule has 1 aromatic carbocycles. The van der Waals surface area contributed by atoms with Gasteiger partial charge in [0, 0.05) is 6.20 Å². The van der Waals surface area contributed by atoms with Crippen molar-refractivity contribution in [3.8, 4) is 0 Å². The summed E-state index contributed by atoms with van der Waals surface area (Å²) in [4.78, 5) is 3.82. The summed E-state index contributed by atoms with van der Waals surface area (Å²) in [5.41, 5.74) is 10.2. The molecule has 0 aliphatic carbocycles. The van der Waals surface area contributed by atoms with Gasteiger partial charge in [-0.05, 0) is 42.2 Å². The van der Waals surface area contributed by atoms with Crippen LogP contribution in [0.5, 0.6) is 0 Å². The zero-order chi connectivity index (χ0) is 12.4. The van der Waals surface area contributed by atoms with E-state index in [0.717, 1.165) is 5.56 Å². The van der Waals surface area contributed by atoms with Gasteiger partial charge in [-0.3, -0.25) is 4.98 Å². The summed E-state index contributed by atoms with van der Waals surface area (Å²) >= 11 is 0. The Morgan fingerprint density at radius 3 is 2.47 bits per heavy atom.